The van der Waals surface area contributed by atoms with Crippen molar-refractivity contribution in [3.8, 4) is 11.5 Å². The molecule has 404 valence electrons. The maximum atomic E-state index is 8.76. The fourth-order valence-electron chi connectivity index (χ4n) is 9.49. The Morgan fingerprint density at radius 2 is 0.575 bits per heavy atom. The van der Waals surface area contributed by atoms with Crippen LogP contribution in [-0.2, 0) is 6.54 Å². The molecule has 2 saturated heterocycles. The van der Waals surface area contributed by atoms with Gasteiger partial charge in [-0.05, 0) is 129 Å². The predicted molar refractivity (Wildman–Crippen MR) is 336 cm³/mol. The van der Waals surface area contributed by atoms with Gasteiger partial charge in [-0.25, -0.2) is 0 Å². The summed E-state index contributed by atoms with van der Waals surface area (Å²) < 4.78 is 5.77. The number of phenolic OH excluding ortho intramolecular Hbond substituents is 1. The van der Waals surface area contributed by atoms with E-state index in [1.165, 1.54) is 56.5 Å². The molecular weight excluding hydrogens is 985 g/mol. The molecule has 0 aliphatic carbocycles. The highest BCUT2D eigenvalue weighted by Crippen LogP contribution is 2.30. The van der Waals surface area contributed by atoms with Crippen LogP contribution in [0.15, 0.2) is 285 Å². The number of aromatic hydroxyl groups is 1. The number of nitrogens with two attached hydrogens (primary N) is 1. The molecular formula is C70H72N8O2. The quantitative estimate of drug-likeness (QED) is 0.151. The molecule has 0 aromatic heterocycles. The van der Waals surface area contributed by atoms with Crippen LogP contribution in [0.3, 0.4) is 0 Å². The number of para-hydroxylation sites is 8. The van der Waals surface area contributed by atoms with Crippen LogP contribution in [-0.4, -0.2) is 51.8 Å². The van der Waals surface area contributed by atoms with Crippen molar-refractivity contribution in [1.29, 1.82) is 0 Å². The van der Waals surface area contributed by atoms with Gasteiger partial charge in [-0.2, -0.15) is 0 Å². The van der Waals surface area contributed by atoms with Gasteiger partial charge in [-0.15, -0.1) is 0 Å². The minimum absolute atomic E-state index is 0.329. The zero-order valence-corrected chi connectivity index (χ0v) is 45.9. The molecule has 0 unspecified atom stereocenters. The maximum absolute atomic E-state index is 8.76. The van der Waals surface area contributed by atoms with Gasteiger partial charge in [0.2, 0.25) is 0 Å². The van der Waals surface area contributed by atoms with Gasteiger partial charge in [-0.3, -0.25) is 0 Å². The van der Waals surface area contributed by atoms with E-state index in [0.29, 0.717) is 12.5 Å². The Kier molecular flexibility index (Phi) is 19.6. The lowest BCUT2D eigenvalue weighted by molar-refractivity contribution is 0.289. The Morgan fingerprint density at radius 3 is 0.838 bits per heavy atom. The fourth-order valence-corrected chi connectivity index (χ4v) is 9.49. The molecule has 0 atom stereocenters. The molecule has 13 rings (SSSR count). The summed E-state index contributed by atoms with van der Waals surface area (Å²) in [5, 5.41) is 8.76. The SMILES string of the molecule is Cc1ccc(O)cc1.Cc1ccc2c(c1)CN(c1ccccc1)CO2.Nc1ccccc1.c1ccc(N2CN(c3ccccc3)CN(c3ccccc3)C2)cc1.c1ccc(N2CN(c3ccccc3)CN(c3ccccc3)C2)cc1. The maximum Gasteiger partial charge on any atom is 0.161 e. The summed E-state index contributed by atoms with van der Waals surface area (Å²) in [5.41, 5.74) is 18.6. The second-order valence-electron chi connectivity index (χ2n) is 19.8. The second kappa shape index (κ2) is 28.5. The van der Waals surface area contributed by atoms with Gasteiger partial charge in [-0.1, -0.05) is 181 Å². The van der Waals surface area contributed by atoms with Crippen molar-refractivity contribution in [1.82, 2.24) is 0 Å². The van der Waals surface area contributed by atoms with E-state index in [0.717, 1.165) is 58.0 Å². The van der Waals surface area contributed by atoms with Crippen molar-refractivity contribution in [3.63, 3.8) is 0 Å². The average molecular weight is 1060 g/mol. The summed E-state index contributed by atoms with van der Waals surface area (Å²) in [6, 6.07) is 97.1. The predicted octanol–water partition coefficient (Wildman–Crippen LogP) is 15.1. The van der Waals surface area contributed by atoms with Crippen LogP contribution < -0.4 is 44.8 Å². The minimum atomic E-state index is 0.329. The number of anilines is 8. The van der Waals surface area contributed by atoms with Gasteiger partial charge < -0.3 is 49.9 Å². The monoisotopic (exact) mass is 1060 g/mol. The summed E-state index contributed by atoms with van der Waals surface area (Å²) in [4.78, 5) is 16.7. The summed E-state index contributed by atoms with van der Waals surface area (Å²) in [6.07, 6.45) is 0. The topological polar surface area (TPSA) is 78.2 Å². The smallest absolute Gasteiger partial charge is 0.161 e. The third kappa shape index (κ3) is 16.1. The highest BCUT2D eigenvalue weighted by atomic mass is 16.5. The van der Waals surface area contributed by atoms with Crippen molar-refractivity contribution < 1.29 is 9.84 Å². The minimum Gasteiger partial charge on any atom is -0.508 e. The summed E-state index contributed by atoms with van der Waals surface area (Å²) in [5.74, 6) is 1.35. The lowest BCUT2D eigenvalue weighted by Crippen LogP contribution is -2.55. The number of hydrogen-bond acceptors (Lipinski definition) is 10. The molecule has 10 aromatic rings. The van der Waals surface area contributed by atoms with Crippen molar-refractivity contribution in [3.05, 3.63) is 302 Å². The second-order valence-corrected chi connectivity index (χ2v) is 19.8. The molecule has 3 aliphatic rings. The highest BCUT2D eigenvalue weighted by molar-refractivity contribution is 5.60. The van der Waals surface area contributed by atoms with Gasteiger partial charge in [0.25, 0.3) is 0 Å². The number of rotatable bonds is 7. The molecule has 0 amide bonds. The number of benzene rings is 10. The Hall–Kier alpha value is -9.80. The molecule has 0 bridgehead atoms. The van der Waals surface area contributed by atoms with Gasteiger partial charge in [0, 0.05) is 57.6 Å². The first-order valence-corrected chi connectivity index (χ1v) is 27.2. The number of aryl methyl sites for hydroxylation is 2. The first-order chi connectivity index (χ1) is 39.3. The van der Waals surface area contributed by atoms with E-state index < -0.39 is 0 Å². The van der Waals surface area contributed by atoms with Crippen LogP contribution in [0.5, 0.6) is 11.5 Å². The van der Waals surface area contributed by atoms with E-state index in [1.807, 2.05) is 55.5 Å². The molecule has 80 heavy (non-hydrogen) atoms. The zero-order chi connectivity index (χ0) is 55.1. The molecule has 10 heteroatoms. The molecule has 0 spiro atoms. The number of nitrogens with zero attached hydrogens (tertiary/aromatic N) is 7. The van der Waals surface area contributed by atoms with Crippen LogP contribution >= 0.6 is 0 Å². The van der Waals surface area contributed by atoms with Crippen LogP contribution in [0.1, 0.15) is 16.7 Å². The molecule has 10 aromatic carbocycles. The van der Waals surface area contributed by atoms with Crippen LogP contribution in [0.2, 0.25) is 0 Å². The van der Waals surface area contributed by atoms with Crippen molar-refractivity contribution in [2.75, 3.05) is 86.8 Å². The van der Waals surface area contributed by atoms with E-state index >= 15 is 0 Å². The van der Waals surface area contributed by atoms with Crippen LogP contribution in [0.25, 0.3) is 0 Å². The Labute approximate surface area is 473 Å². The number of ether oxygens (including phenoxy) is 1. The largest absolute Gasteiger partial charge is 0.508 e. The summed E-state index contributed by atoms with van der Waals surface area (Å²) >= 11 is 0. The van der Waals surface area contributed by atoms with Crippen LogP contribution in [0.4, 0.5) is 45.5 Å². The first-order valence-electron chi connectivity index (χ1n) is 27.2. The third-order valence-electron chi connectivity index (χ3n) is 13.7. The molecule has 2 fully saturated rings. The van der Waals surface area contributed by atoms with E-state index in [1.54, 1.807) is 12.1 Å². The first kappa shape index (κ1) is 55.0. The van der Waals surface area contributed by atoms with Gasteiger partial charge in [0.05, 0.1) is 40.0 Å². The van der Waals surface area contributed by atoms with E-state index in [9.17, 15) is 0 Å². The summed E-state index contributed by atoms with van der Waals surface area (Å²) in [6.45, 7) is 11.0. The molecule has 3 heterocycles. The molecule has 10 nitrogen and oxygen atoms in total. The Bertz CT molecular complexity index is 2930. The highest BCUT2D eigenvalue weighted by Gasteiger charge is 2.26. The van der Waals surface area contributed by atoms with Crippen LogP contribution in [0, 0.1) is 13.8 Å². The number of phenols is 1. The Balaban J connectivity index is 0.000000130. The van der Waals surface area contributed by atoms with Crippen molar-refractivity contribution >= 4 is 45.5 Å². The standard InChI is InChI=1S/2C21H21N3.C15H15NO.C7H8O.C6H7N/c2*1-4-10-19(11-5-1)22-16-23(20-12-6-2-7-13-20)18-24(17-22)21-14-8-3-9-15-21;1-12-7-8-15-13(9-12)10-16(11-17-15)14-5-3-2-4-6-14;1-6-2-4-7(8)5-3-6;7-6-4-2-1-3-5-6/h2*1-15H,16-18H2;2-9H,10-11H2,1H3;2-5,8H,1H3;1-5H,7H2. The Morgan fingerprint density at radius 1 is 0.312 bits per heavy atom. The van der Waals surface area contributed by atoms with E-state index in [4.69, 9.17) is 15.6 Å². The van der Waals surface area contributed by atoms with Gasteiger partial charge in [0.1, 0.15) is 11.5 Å². The lowest BCUT2D eigenvalue weighted by atomic mass is 10.1. The van der Waals surface area contributed by atoms with E-state index in [-0.39, 0.29) is 0 Å². The zero-order valence-electron chi connectivity index (χ0n) is 45.9. The van der Waals surface area contributed by atoms with Gasteiger partial charge in [0.15, 0.2) is 6.73 Å². The normalized spacial score (nSPS) is 13.5. The van der Waals surface area contributed by atoms with E-state index in [2.05, 4.69) is 266 Å². The average Bonchev–Trinajstić information content (AvgIpc) is 3.56. The number of hydrogen-bond donors (Lipinski definition) is 2. The number of fused-ring (bicyclic) bond motifs is 1. The number of nitrogen functional groups attached to an aromatic ring is 1. The van der Waals surface area contributed by atoms with Gasteiger partial charge >= 0.3 is 0 Å². The van der Waals surface area contributed by atoms with Crippen molar-refractivity contribution in [2.45, 2.75) is 20.4 Å². The lowest BCUT2D eigenvalue weighted by Gasteiger charge is -2.45. The summed E-state index contributed by atoms with van der Waals surface area (Å²) in [7, 11) is 0. The fraction of sp³-hybridized carbons (Fsp3) is 0.143. The molecule has 3 N–H and O–H groups in total. The molecule has 0 radical (unpaired) electrons. The molecule has 3 aliphatic heterocycles. The third-order valence-corrected chi connectivity index (χ3v) is 13.7. The van der Waals surface area contributed by atoms with Crippen molar-refractivity contribution in [2.24, 2.45) is 0 Å². The molecule has 0 saturated carbocycles.